The summed E-state index contributed by atoms with van der Waals surface area (Å²) in [5.41, 5.74) is -0.157. The van der Waals surface area contributed by atoms with Gasteiger partial charge < -0.3 is 27.9 Å². The third-order valence-corrected chi connectivity index (χ3v) is 10.7. The van der Waals surface area contributed by atoms with Crippen LogP contribution >= 0.6 is 0 Å². The first-order valence-electron chi connectivity index (χ1n) is 18.8. The Morgan fingerprint density at radius 2 is 0.936 bits per heavy atom. The Hall–Kier alpha value is -1.08. The standard InChI is InChI=1S/C11H21B.C9H11BO2.C9H19BO2.C8H17BO2/c1-9(2)12-10-5-3-6-11(12)8-4-7-10;1-7(2)10-11-8-5-3-4-6-9(8)12-10;1-7(2)10-11-8(3,4)9(5,6)12-10;1-7(2)9-10-5-8(3,4)6-11-9/h9-11H,3-8H2,1-2H3;3-7H,1-2H3;7H,1-6H3;7H,5-6H2,1-4H3. The third-order valence-electron chi connectivity index (χ3n) is 10.7. The monoisotopic (exact) mass is 653 g/mol. The highest BCUT2D eigenvalue weighted by atomic mass is 16.7. The van der Waals surface area contributed by atoms with Crippen LogP contribution < -0.4 is 9.31 Å². The highest BCUT2D eigenvalue weighted by Gasteiger charge is 2.52. The molecule has 0 atom stereocenters. The quantitative estimate of drug-likeness (QED) is 0.302. The van der Waals surface area contributed by atoms with Gasteiger partial charge in [-0.25, -0.2) is 0 Å². The van der Waals surface area contributed by atoms with Crippen LogP contribution in [0.15, 0.2) is 24.3 Å². The molecular weight excluding hydrogens is 584 g/mol. The van der Waals surface area contributed by atoms with Crippen LogP contribution in [0.4, 0.5) is 0 Å². The summed E-state index contributed by atoms with van der Waals surface area (Å²) in [5.74, 6) is 6.15. The van der Waals surface area contributed by atoms with Crippen LogP contribution in [-0.4, -0.2) is 52.5 Å². The van der Waals surface area contributed by atoms with Crippen molar-refractivity contribution in [3.8, 4) is 11.5 Å². The van der Waals surface area contributed by atoms with E-state index in [9.17, 15) is 0 Å². The second-order valence-corrected chi connectivity index (χ2v) is 17.8. The maximum atomic E-state index is 5.80. The van der Waals surface area contributed by atoms with Gasteiger partial charge in [0.15, 0.2) is 0 Å². The van der Waals surface area contributed by atoms with Crippen LogP contribution in [0.5, 0.6) is 11.5 Å². The minimum atomic E-state index is -0.179. The molecule has 10 heteroatoms. The number of hydrogen-bond donors (Lipinski definition) is 0. The van der Waals surface area contributed by atoms with Crippen molar-refractivity contribution in [3.63, 3.8) is 0 Å². The van der Waals surface area contributed by atoms with Gasteiger partial charge in [0.2, 0.25) is 0 Å². The predicted molar refractivity (Wildman–Crippen MR) is 202 cm³/mol. The van der Waals surface area contributed by atoms with Crippen LogP contribution in [0, 0.1) is 5.41 Å². The van der Waals surface area contributed by atoms with Crippen LogP contribution in [0.2, 0.25) is 34.9 Å². The van der Waals surface area contributed by atoms with Gasteiger partial charge in [-0.05, 0) is 51.5 Å². The highest BCUT2D eigenvalue weighted by molar-refractivity contribution is 6.64. The maximum Gasteiger partial charge on any atom is 0.597 e. The molecule has 1 aromatic carbocycles. The molecule has 0 unspecified atom stereocenters. The van der Waals surface area contributed by atoms with E-state index in [0.29, 0.717) is 17.5 Å². The highest BCUT2D eigenvalue weighted by Crippen LogP contribution is 2.50. The number of para-hydroxylation sites is 2. The molecule has 0 N–H and O–H groups in total. The first-order chi connectivity index (χ1) is 21.8. The van der Waals surface area contributed by atoms with Crippen molar-refractivity contribution in [2.75, 3.05) is 13.2 Å². The summed E-state index contributed by atoms with van der Waals surface area (Å²) in [4.78, 5) is 0. The molecular formula is C37H68B4O6. The van der Waals surface area contributed by atoms with Crippen LogP contribution in [-0.2, 0) is 18.6 Å². The van der Waals surface area contributed by atoms with Crippen LogP contribution in [0.3, 0.4) is 0 Å². The molecule has 2 bridgehead atoms. The average molecular weight is 652 g/mol. The van der Waals surface area contributed by atoms with E-state index in [4.69, 9.17) is 27.9 Å². The molecule has 5 heterocycles. The molecule has 1 aromatic rings. The molecule has 0 spiro atoms. The fourth-order valence-corrected chi connectivity index (χ4v) is 7.26. The minimum absolute atomic E-state index is 0.0167. The summed E-state index contributed by atoms with van der Waals surface area (Å²) in [7, 11) is -0.138. The molecule has 4 fully saturated rings. The molecule has 0 aliphatic carbocycles. The zero-order valence-electron chi connectivity index (χ0n) is 32.7. The van der Waals surface area contributed by atoms with Crippen LogP contribution in [0.25, 0.3) is 0 Å². The van der Waals surface area contributed by atoms with E-state index in [1.54, 1.807) is 25.7 Å². The molecule has 47 heavy (non-hydrogen) atoms. The first-order valence-corrected chi connectivity index (χ1v) is 18.8. The summed E-state index contributed by atoms with van der Waals surface area (Å²) < 4.78 is 33.8. The molecule has 0 amide bonds. The van der Waals surface area contributed by atoms with E-state index in [-0.39, 0.29) is 38.0 Å². The molecule has 5 aliphatic heterocycles. The van der Waals surface area contributed by atoms with Crippen molar-refractivity contribution in [3.05, 3.63) is 24.3 Å². The van der Waals surface area contributed by atoms with Crippen molar-refractivity contribution in [2.24, 2.45) is 5.41 Å². The normalized spacial score (nSPS) is 25.2. The molecule has 6 rings (SSSR count). The lowest BCUT2D eigenvalue weighted by Crippen LogP contribution is -2.41. The lowest BCUT2D eigenvalue weighted by molar-refractivity contribution is 0.00578. The predicted octanol–water partition coefficient (Wildman–Crippen LogP) is 10.8. The second-order valence-electron chi connectivity index (χ2n) is 17.8. The fourth-order valence-electron chi connectivity index (χ4n) is 7.26. The van der Waals surface area contributed by atoms with Gasteiger partial charge in [-0.2, -0.15) is 0 Å². The smallest absolute Gasteiger partial charge is 0.523 e. The van der Waals surface area contributed by atoms with E-state index in [0.717, 1.165) is 48.9 Å². The molecule has 4 saturated heterocycles. The van der Waals surface area contributed by atoms with Gasteiger partial charge in [0.05, 0.1) is 11.2 Å². The van der Waals surface area contributed by atoms with Gasteiger partial charge in [0, 0.05) is 24.4 Å². The Balaban J connectivity index is 0.000000170. The van der Waals surface area contributed by atoms with Crippen molar-refractivity contribution in [1.82, 2.24) is 0 Å². The molecule has 0 aromatic heterocycles. The Morgan fingerprint density at radius 1 is 0.553 bits per heavy atom. The molecule has 0 saturated carbocycles. The first kappa shape index (κ1) is 40.4. The van der Waals surface area contributed by atoms with E-state index in [1.807, 2.05) is 24.3 Å². The summed E-state index contributed by atoms with van der Waals surface area (Å²) in [6.45, 7) is 32.8. The molecule has 264 valence electrons. The van der Waals surface area contributed by atoms with E-state index < -0.39 is 0 Å². The summed E-state index contributed by atoms with van der Waals surface area (Å²) in [5, 5.41) is 0. The maximum absolute atomic E-state index is 5.80. The van der Waals surface area contributed by atoms with E-state index in [1.165, 1.54) is 12.8 Å². The lowest BCUT2D eigenvalue weighted by atomic mass is 9.23. The molecule has 5 aliphatic rings. The van der Waals surface area contributed by atoms with Crippen molar-refractivity contribution in [2.45, 2.75) is 182 Å². The summed E-state index contributed by atoms with van der Waals surface area (Å²) >= 11 is 0. The van der Waals surface area contributed by atoms with Gasteiger partial charge in [-0.1, -0.05) is 137 Å². The minimum Gasteiger partial charge on any atom is -0.523 e. The largest absolute Gasteiger partial charge is 0.597 e. The van der Waals surface area contributed by atoms with Gasteiger partial charge in [-0.15, -0.1) is 0 Å². The van der Waals surface area contributed by atoms with Gasteiger partial charge in [0.1, 0.15) is 18.2 Å². The van der Waals surface area contributed by atoms with Crippen molar-refractivity contribution in [1.29, 1.82) is 0 Å². The summed E-state index contributed by atoms with van der Waals surface area (Å²) in [6.07, 6.45) is 9.22. The second kappa shape index (κ2) is 17.2. The van der Waals surface area contributed by atoms with E-state index >= 15 is 0 Å². The Labute approximate surface area is 291 Å². The number of fused-ring (bicyclic) bond motifs is 3. The van der Waals surface area contributed by atoms with E-state index in [2.05, 4.69) is 96.9 Å². The van der Waals surface area contributed by atoms with Crippen LogP contribution in [0.1, 0.15) is 135 Å². The van der Waals surface area contributed by atoms with Gasteiger partial charge in [0.25, 0.3) is 0 Å². The molecule has 0 radical (unpaired) electrons. The topological polar surface area (TPSA) is 55.4 Å². The third kappa shape index (κ3) is 11.5. The average Bonchev–Trinajstić information content (AvgIpc) is 3.51. The Morgan fingerprint density at radius 3 is 1.23 bits per heavy atom. The Kier molecular flexibility index (Phi) is 14.8. The zero-order chi connectivity index (χ0) is 35.2. The SMILES string of the molecule is CC(C)B1C2CCCC1CCC2.CC(C)B1OC(C)(C)C(C)(C)O1.CC(C)B1OCC(C)(C)CO1.CC(C)B1Oc2ccccc2O1. The summed E-state index contributed by atoms with van der Waals surface area (Å²) in [6, 6.07) is 7.76. The zero-order valence-corrected chi connectivity index (χ0v) is 32.7. The molecule has 6 nitrogen and oxygen atoms in total. The van der Waals surface area contributed by atoms with Gasteiger partial charge >= 0.3 is 21.4 Å². The van der Waals surface area contributed by atoms with Crippen molar-refractivity contribution < 1.29 is 27.9 Å². The van der Waals surface area contributed by atoms with Gasteiger partial charge in [-0.3, -0.25) is 0 Å². The van der Waals surface area contributed by atoms with Crippen molar-refractivity contribution >= 4 is 28.1 Å². The lowest BCUT2D eigenvalue weighted by Gasteiger charge is -2.42. The number of rotatable bonds is 4. The fraction of sp³-hybridized carbons (Fsp3) is 0.838. The number of hydrogen-bond acceptors (Lipinski definition) is 6. The number of benzene rings is 1. The Bertz CT molecular complexity index is 1010.